The molecule has 0 fully saturated rings. The largest absolute Gasteiger partial charge is 0.464 e. The second-order valence-corrected chi connectivity index (χ2v) is 5.63. The van der Waals surface area contributed by atoms with Gasteiger partial charge in [-0.1, -0.05) is 0 Å². The lowest BCUT2D eigenvalue weighted by molar-refractivity contribution is -0.384. The molecule has 0 aliphatic heterocycles. The van der Waals surface area contributed by atoms with Crippen molar-refractivity contribution in [1.29, 1.82) is 0 Å². The van der Waals surface area contributed by atoms with Gasteiger partial charge in [0, 0.05) is 23.8 Å². The van der Waals surface area contributed by atoms with Gasteiger partial charge >= 0.3 is 11.9 Å². The molecular formula is C19H16N2O6. The van der Waals surface area contributed by atoms with Crippen molar-refractivity contribution in [2.75, 3.05) is 13.7 Å². The van der Waals surface area contributed by atoms with E-state index in [1.807, 2.05) is 0 Å². The third-order valence-electron chi connectivity index (χ3n) is 4.07. The van der Waals surface area contributed by atoms with Gasteiger partial charge < -0.3 is 13.9 Å². The average Bonchev–Trinajstić information content (AvgIpc) is 3.09. The molecule has 138 valence electrons. The molecule has 0 unspecified atom stereocenters. The Labute approximate surface area is 154 Å². The number of benzene rings is 1. The smallest absolute Gasteiger partial charge is 0.355 e. The predicted octanol–water partition coefficient (Wildman–Crippen LogP) is 3.48. The van der Waals surface area contributed by atoms with E-state index in [2.05, 4.69) is 0 Å². The standard InChI is InChI=1S/C19H16N2O6/c1-3-27-18(22)16-11-20-14(8-9-17(20)19(23)26-2)10-15(16)12-4-6-13(7-5-12)21(24)25/h4-11H,3H2,1-2H3. The van der Waals surface area contributed by atoms with Crippen LogP contribution in [0.3, 0.4) is 0 Å². The van der Waals surface area contributed by atoms with Gasteiger partial charge in [-0.3, -0.25) is 10.1 Å². The van der Waals surface area contributed by atoms with Gasteiger partial charge in [0.1, 0.15) is 5.69 Å². The van der Waals surface area contributed by atoms with E-state index in [4.69, 9.17) is 9.47 Å². The summed E-state index contributed by atoms with van der Waals surface area (Å²) in [6.45, 7) is 1.88. The Kier molecular flexibility index (Phi) is 4.89. The summed E-state index contributed by atoms with van der Waals surface area (Å²) in [5.74, 6) is -1.09. The number of pyridine rings is 1. The highest BCUT2D eigenvalue weighted by molar-refractivity contribution is 5.99. The number of esters is 2. The van der Waals surface area contributed by atoms with Crippen molar-refractivity contribution in [3.05, 3.63) is 70.0 Å². The number of nitro groups is 1. The van der Waals surface area contributed by atoms with E-state index in [0.717, 1.165) is 0 Å². The highest BCUT2D eigenvalue weighted by Gasteiger charge is 2.19. The van der Waals surface area contributed by atoms with Crippen LogP contribution in [0.4, 0.5) is 5.69 Å². The molecule has 0 saturated heterocycles. The average molecular weight is 368 g/mol. The first-order chi connectivity index (χ1) is 13.0. The molecule has 0 atom stereocenters. The Balaban J connectivity index is 2.20. The predicted molar refractivity (Wildman–Crippen MR) is 96.8 cm³/mol. The second kappa shape index (κ2) is 7.28. The number of methoxy groups -OCH3 is 1. The summed E-state index contributed by atoms with van der Waals surface area (Å²) < 4.78 is 11.4. The topological polar surface area (TPSA) is 100 Å². The first kappa shape index (κ1) is 18.1. The maximum absolute atomic E-state index is 12.5. The maximum Gasteiger partial charge on any atom is 0.355 e. The summed E-state index contributed by atoms with van der Waals surface area (Å²) in [5.41, 5.74) is 2.29. The minimum absolute atomic E-state index is 0.0480. The van der Waals surface area contributed by atoms with E-state index in [0.29, 0.717) is 16.6 Å². The molecule has 8 nitrogen and oxygen atoms in total. The van der Waals surface area contributed by atoms with E-state index in [9.17, 15) is 19.7 Å². The lowest BCUT2D eigenvalue weighted by Crippen LogP contribution is -2.10. The van der Waals surface area contributed by atoms with E-state index in [1.165, 1.54) is 25.4 Å². The van der Waals surface area contributed by atoms with Crippen LogP contribution in [0.2, 0.25) is 0 Å². The molecule has 0 spiro atoms. The molecule has 3 rings (SSSR count). The van der Waals surface area contributed by atoms with Crippen LogP contribution in [0.15, 0.2) is 48.7 Å². The fourth-order valence-electron chi connectivity index (χ4n) is 2.79. The highest BCUT2D eigenvalue weighted by atomic mass is 16.6. The van der Waals surface area contributed by atoms with Crippen molar-refractivity contribution >= 4 is 23.1 Å². The molecule has 0 N–H and O–H groups in total. The Morgan fingerprint density at radius 3 is 2.41 bits per heavy atom. The Morgan fingerprint density at radius 2 is 1.81 bits per heavy atom. The fraction of sp³-hybridized carbons (Fsp3) is 0.158. The van der Waals surface area contributed by atoms with E-state index < -0.39 is 16.9 Å². The van der Waals surface area contributed by atoms with Gasteiger partial charge in [-0.2, -0.15) is 0 Å². The molecule has 1 aromatic carbocycles. The van der Waals surface area contributed by atoms with Gasteiger partial charge in [0.2, 0.25) is 0 Å². The quantitative estimate of drug-likeness (QED) is 0.388. The summed E-state index contributed by atoms with van der Waals surface area (Å²) in [4.78, 5) is 34.8. The van der Waals surface area contributed by atoms with Gasteiger partial charge in [-0.25, -0.2) is 9.59 Å². The molecule has 0 amide bonds. The number of hydrogen-bond acceptors (Lipinski definition) is 6. The van der Waals surface area contributed by atoms with Crippen molar-refractivity contribution in [2.45, 2.75) is 6.92 Å². The normalized spacial score (nSPS) is 10.6. The van der Waals surface area contributed by atoms with Gasteiger partial charge in [-0.15, -0.1) is 0 Å². The zero-order chi connectivity index (χ0) is 19.6. The third kappa shape index (κ3) is 3.37. The van der Waals surface area contributed by atoms with Crippen LogP contribution >= 0.6 is 0 Å². The number of ether oxygens (including phenoxy) is 2. The zero-order valence-corrected chi connectivity index (χ0v) is 14.7. The molecule has 0 bridgehead atoms. The molecule has 2 aromatic heterocycles. The van der Waals surface area contributed by atoms with Crippen LogP contribution in [0.1, 0.15) is 27.8 Å². The molecule has 0 aliphatic carbocycles. The molecule has 0 saturated carbocycles. The number of carbonyl (C=O) groups is 2. The molecule has 2 heterocycles. The van der Waals surface area contributed by atoms with Gasteiger partial charge in [-0.05, 0) is 48.4 Å². The van der Waals surface area contributed by atoms with Crippen LogP contribution in [0.5, 0.6) is 0 Å². The number of carbonyl (C=O) groups excluding carboxylic acids is 2. The van der Waals surface area contributed by atoms with Crippen molar-refractivity contribution in [1.82, 2.24) is 4.40 Å². The number of fused-ring (bicyclic) bond motifs is 1. The van der Waals surface area contributed by atoms with Crippen LogP contribution in [-0.2, 0) is 9.47 Å². The first-order valence-corrected chi connectivity index (χ1v) is 8.11. The van der Waals surface area contributed by atoms with Gasteiger partial charge in [0.25, 0.3) is 5.69 Å². The molecule has 0 radical (unpaired) electrons. The third-order valence-corrected chi connectivity index (χ3v) is 4.07. The fourth-order valence-corrected chi connectivity index (χ4v) is 2.79. The van der Waals surface area contributed by atoms with Crippen LogP contribution in [-0.4, -0.2) is 35.0 Å². The summed E-state index contributed by atoms with van der Waals surface area (Å²) in [5, 5.41) is 10.9. The Morgan fingerprint density at radius 1 is 1.11 bits per heavy atom. The molecule has 8 heteroatoms. The number of nitrogens with zero attached hydrogens (tertiary/aromatic N) is 2. The molecule has 0 aliphatic rings. The van der Waals surface area contributed by atoms with Crippen LogP contribution in [0.25, 0.3) is 16.6 Å². The number of non-ortho nitro benzene ring substituents is 1. The first-order valence-electron chi connectivity index (χ1n) is 8.11. The van der Waals surface area contributed by atoms with E-state index in [1.54, 1.807) is 41.7 Å². The summed E-state index contributed by atoms with van der Waals surface area (Å²) in [6, 6.07) is 10.9. The number of nitro benzene ring substituents is 1. The van der Waals surface area contributed by atoms with Crippen LogP contribution in [0, 0.1) is 10.1 Å². The maximum atomic E-state index is 12.5. The Hall–Kier alpha value is -3.68. The minimum Gasteiger partial charge on any atom is -0.464 e. The molecule has 3 aromatic rings. The van der Waals surface area contributed by atoms with Crippen molar-refractivity contribution in [2.24, 2.45) is 0 Å². The lowest BCUT2D eigenvalue weighted by atomic mass is 10.0. The SMILES string of the molecule is CCOC(=O)c1cn2c(C(=O)OC)ccc2cc1-c1ccc([N+](=O)[O-])cc1. The summed E-state index contributed by atoms with van der Waals surface area (Å²) >= 11 is 0. The van der Waals surface area contributed by atoms with E-state index >= 15 is 0 Å². The van der Waals surface area contributed by atoms with E-state index in [-0.39, 0.29) is 23.6 Å². The van der Waals surface area contributed by atoms with Crippen molar-refractivity contribution in [3.63, 3.8) is 0 Å². The van der Waals surface area contributed by atoms with Crippen molar-refractivity contribution < 1.29 is 24.0 Å². The zero-order valence-electron chi connectivity index (χ0n) is 14.7. The summed E-state index contributed by atoms with van der Waals surface area (Å²) in [7, 11) is 1.28. The van der Waals surface area contributed by atoms with Crippen molar-refractivity contribution in [3.8, 4) is 11.1 Å². The van der Waals surface area contributed by atoms with Gasteiger partial charge in [0.15, 0.2) is 0 Å². The molecule has 27 heavy (non-hydrogen) atoms. The number of hydrogen-bond donors (Lipinski definition) is 0. The minimum atomic E-state index is -0.558. The number of rotatable bonds is 5. The molecular weight excluding hydrogens is 352 g/mol. The monoisotopic (exact) mass is 368 g/mol. The lowest BCUT2D eigenvalue weighted by Gasteiger charge is -2.12. The van der Waals surface area contributed by atoms with Gasteiger partial charge in [0.05, 0.1) is 24.2 Å². The second-order valence-electron chi connectivity index (χ2n) is 5.63. The highest BCUT2D eigenvalue weighted by Crippen LogP contribution is 2.29. The Bertz CT molecular complexity index is 1040. The summed E-state index contributed by atoms with van der Waals surface area (Å²) in [6.07, 6.45) is 1.51. The van der Waals surface area contributed by atoms with Crippen LogP contribution < -0.4 is 0 Å². The number of aromatic nitrogens is 1.